The third-order valence-corrected chi connectivity index (χ3v) is 2.36. The molecule has 0 bridgehead atoms. The fraction of sp³-hybridized carbons (Fsp3) is 0.364. The smallest absolute Gasteiger partial charge is 0.124 e. The van der Waals surface area contributed by atoms with Crippen LogP contribution in [0.2, 0.25) is 0 Å². The quantitative estimate of drug-likeness (QED) is 0.595. The van der Waals surface area contributed by atoms with Gasteiger partial charge in [0.15, 0.2) is 0 Å². The van der Waals surface area contributed by atoms with Gasteiger partial charge >= 0.3 is 0 Å². The van der Waals surface area contributed by atoms with Crippen LogP contribution in [0.3, 0.4) is 0 Å². The summed E-state index contributed by atoms with van der Waals surface area (Å²) in [4.78, 5) is 5.19. The van der Waals surface area contributed by atoms with Crippen molar-refractivity contribution in [2.45, 2.75) is 26.4 Å². The Labute approximate surface area is 93.1 Å². The van der Waals surface area contributed by atoms with Gasteiger partial charge in [-0.1, -0.05) is 40.1 Å². The molecule has 3 heteroatoms. The SMILES string of the molecule is CCC(C)ON=Cc1cccc(Br)c1. The molecule has 2 nitrogen and oxygen atoms in total. The highest BCUT2D eigenvalue weighted by molar-refractivity contribution is 9.10. The van der Waals surface area contributed by atoms with Gasteiger partial charge in [0, 0.05) is 4.47 Å². The predicted octanol–water partition coefficient (Wildman–Crippen LogP) is 3.60. The number of hydrogen-bond acceptors (Lipinski definition) is 2. The number of hydrogen-bond donors (Lipinski definition) is 0. The highest BCUT2D eigenvalue weighted by Crippen LogP contribution is 2.10. The van der Waals surface area contributed by atoms with E-state index >= 15 is 0 Å². The monoisotopic (exact) mass is 255 g/mol. The maximum absolute atomic E-state index is 5.19. The van der Waals surface area contributed by atoms with Crippen molar-refractivity contribution in [2.24, 2.45) is 5.16 Å². The highest BCUT2D eigenvalue weighted by Gasteiger charge is 1.95. The van der Waals surface area contributed by atoms with E-state index in [0.29, 0.717) is 0 Å². The molecule has 0 amide bonds. The molecule has 0 aliphatic heterocycles. The Hall–Kier alpha value is -0.830. The molecule has 1 unspecified atom stereocenters. The molecule has 1 atom stereocenters. The van der Waals surface area contributed by atoms with Crippen LogP contribution in [0.4, 0.5) is 0 Å². The minimum absolute atomic E-state index is 0.179. The number of benzene rings is 1. The predicted molar refractivity (Wildman–Crippen MR) is 62.6 cm³/mol. The van der Waals surface area contributed by atoms with Gasteiger partial charge in [-0.15, -0.1) is 0 Å². The number of halogens is 1. The van der Waals surface area contributed by atoms with Gasteiger partial charge in [0.2, 0.25) is 0 Å². The highest BCUT2D eigenvalue weighted by atomic mass is 79.9. The zero-order valence-corrected chi connectivity index (χ0v) is 9.99. The maximum atomic E-state index is 5.19. The Morgan fingerprint density at radius 3 is 3.00 bits per heavy atom. The van der Waals surface area contributed by atoms with E-state index in [-0.39, 0.29) is 6.10 Å². The summed E-state index contributed by atoms with van der Waals surface area (Å²) < 4.78 is 1.05. The fourth-order valence-electron chi connectivity index (χ4n) is 0.857. The second-order valence-corrected chi connectivity index (χ2v) is 4.03. The molecule has 0 fully saturated rings. The van der Waals surface area contributed by atoms with Crippen LogP contribution in [-0.4, -0.2) is 12.3 Å². The topological polar surface area (TPSA) is 21.6 Å². The third kappa shape index (κ3) is 3.92. The number of nitrogens with zero attached hydrogens (tertiary/aromatic N) is 1. The summed E-state index contributed by atoms with van der Waals surface area (Å²) in [7, 11) is 0. The molecule has 14 heavy (non-hydrogen) atoms. The Bertz CT molecular complexity index is 312. The summed E-state index contributed by atoms with van der Waals surface area (Å²) in [5.74, 6) is 0. The number of rotatable bonds is 4. The van der Waals surface area contributed by atoms with Crippen molar-refractivity contribution in [3.63, 3.8) is 0 Å². The standard InChI is InChI=1S/C11H14BrNO/c1-3-9(2)14-13-8-10-5-4-6-11(12)7-10/h4-9H,3H2,1-2H3. The molecule has 1 aromatic carbocycles. The molecule has 1 rings (SSSR count). The van der Waals surface area contributed by atoms with E-state index in [4.69, 9.17) is 4.84 Å². The van der Waals surface area contributed by atoms with Crippen LogP contribution in [-0.2, 0) is 4.84 Å². The summed E-state index contributed by atoms with van der Waals surface area (Å²) >= 11 is 3.39. The van der Waals surface area contributed by atoms with Gasteiger partial charge in [0.05, 0.1) is 6.21 Å². The average Bonchev–Trinajstić information content (AvgIpc) is 2.17. The normalized spacial score (nSPS) is 13.1. The molecule has 0 radical (unpaired) electrons. The number of oxime groups is 1. The molecule has 0 spiro atoms. The van der Waals surface area contributed by atoms with Gasteiger partial charge in [-0.3, -0.25) is 0 Å². The van der Waals surface area contributed by atoms with Crippen molar-refractivity contribution < 1.29 is 4.84 Å². The molecule has 0 aliphatic carbocycles. The van der Waals surface area contributed by atoms with Crippen molar-refractivity contribution in [2.75, 3.05) is 0 Å². The van der Waals surface area contributed by atoms with E-state index < -0.39 is 0 Å². The van der Waals surface area contributed by atoms with E-state index in [0.717, 1.165) is 16.5 Å². The van der Waals surface area contributed by atoms with Crippen LogP contribution in [0.1, 0.15) is 25.8 Å². The summed E-state index contributed by atoms with van der Waals surface area (Å²) in [5.41, 5.74) is 1.03. The van der Waals surface area contributed by atoms with E-state index in [1.165, 1.54) is 0 Å². The first-order valence-electron chi connectivity index (χ1n) is 4.67. The molecule has 0 aliphatic rings. The molecule has 0 heterocycles. The van der Waals surface area contributed by atoms with Gasteiger partial charge in [-0.05, 0) is 31.0 Å². The lowest BCUT2D eigenvalue weighted by Crippen LogP contribution is -2.01. The van der Waals surface area contributed by atoms with Crippen LogP contribution < -0.4 is 0 Å². The average molecular weight is 256 g/mol. The lowest BCUT2D eigenvalue weighted by molar-refractivity contribution is 0.0712. The van der Waals surface area contributed by atoms with Crippen molar-refractivity contribution in [1.29, 1.82) is 0 Å². The lowest BCUT2D eigenvalue weighted by atomic mass is 10.2. The van der Waals surface area contributed by atoms with Crippen molar-refractivity contribution in [1.82, 2.24) is 0 Å². The molecule has 0 N–H and O–H groups in total. The third-order valence-electron chi connectivity index (χ3n) is 1.87. The Morgan fingerprint density at radius 2 is 2.36 bits per heavy atom. The van der Waals surface area contributed by atoms with E-state index in [9.17, 15) is 0 Å². The molecule has 0 saturated heterocycles. The van der Waals surface area contributed by atoms with Gasteiger partial charge in [0.25, 0.3) is 0 Å². The Kier molecular flexibility index (Phi) is 4.66. The maximum Gasteiger partial charge on any atom is 0.124 e. The Balaban J connectivity index is 2.51. The zero-order valence-electron chi connectivity index (χ0n) is 8.40. The van der Waals surface area contributed by atoms with Crippen LogP contribution in [0, 0.1) is 0 Å². The van der Waals surface area contributed by atoms with E-state index in [1.807, 2.05) is 31.2 Å². The minimum Gasteiger partial charge on any atom is -0.393 e. The van der Waals surface area contributed by atoms with Crippen molar-refractivity contribution >= 4 is 22.1 Å². The van der Waals surface area contributed by atoms with Gasteiger partial charge in [-0.2, -0.15) is 0 Å². The minimum atomic E-state index is 0.179. The first kappa shape index (κ1) is 11.2. The van der Waals surface area contributed by atoms with Crippen LogP contribution in [0.5, 0.6) is 0 Å². The van der Waals surface area contributed by atoms with E-state index in [2.05, 4.69) is 28.0 Å². The van der Waals surface area contributed by atoms with Gasteiger partial charge in [0.1, 0.15) is 6.10 Å². The Morgan fingerprint density at radius 1 is 1.57 bits per heavy atom. The summed E-state index contributed by atoms with van der Waals surface area (Å²) in [6.07, 6.45) is 2.87. The van der Waals surface area contributed by atoms with Crippen LogP contribution in [0.15, 0.2) is 33.9 Å². The molecular weight excluding hydrogens is 242 g/mol. The zero-order chi connectivity index (χ0) is 10.4. The summed E-state index contributed by atoms with van der Waals surface area (Å²) in [5, 5.41) is 3.91. The summed E-state index contributed by atoms with van der Waals surface area (Å²) in [6.45, 7) is 4.07. The fourth-order valence-corrected chi connectivity index (χ4v) is 1.27. The first-order chi connectivity index (χ1) is 6.72. The molecule has 76 valence electrons. The van der Waals surface area contributed by atoms with E-state index in [1.54, 1.807) is 6.21 Å². The van der Waals surface area contributed by atoms with Crippen molar-refractivity contribution in [3.8, 4) is 0 Å². The second-order valence-electron chi connectivity index (χ2n) is 3.11. The largest absolute Gasteiger partial charge is 0.393 e. The van der Waals surface area contributed by atoms with Crippen LogP contribution >= 0.6 is 15.9 Å². The molecule has 0 aromatic heterocycles. The van der Waals surface area contributed by atoms with Gasteiger partial charge < -0.3 is 4.84 Å². The first-order valence-corrected chi connectivity index (χ1v) is 5.46. The van der Waals surface area contributed by atoms with Crippen LogP contribution in [0.25, 0.3) is 0 Å². The van der Waals surface area contributed by atoms with Crippen molar-refractivity contribution in [3.05, 3.63) is 34.3 Å². The second kappa shape index (κ2) is 5.81. The van der Waals surface area contributed by atoms with Gasteiger partial charge in [-0.25, -0.2) is 0 Å². The summed E-state index contributed by atoms with van der Waals surface area (Å²) in [6, 6.07) is 7.92. The molecular formula is C11H14BrNO. The lowest BCUT2D eigenvalue weighted by Gasteiger charge is -2.04. The molecule has 1 aromatic rings. The molecule has 0 saturated carbocycles.